The molecule has 11 heavy (non-hydrogen) atoms. The van der Waals surface area contributed by atoms with Crippen LogP contribution < -0.4 is 0 Å². The summed E-state index contributed by atoms with van der Waals surface area (Å²) in [7, 11) is 1.51. The Kier molecular flexibility index (Phi) is 0.809. The van der Waals surface area contributed by atoms with Gasteiger partial charge in [-0.3, -0.25) is 4.79 Å². The third kappa shape index (κ3) is 0.420. The van der Waals surface area contributed by atoms with Crippen molar-refractivity contribution in [3.05, 3.63) is 0 Å². The minimum atomic E-state index is 0.0764. The Morgan fingerprint density at radius 3 is 2.55 bits per heavy atom. The molecule has 0 saturated heterocycles. The second-order valence-electron chi connectivity index (χ2n) is 4.09. The van der Waals surface area contributed by atoms with Gasteiger partial charge in [-0.15, -0.1) is 0 Å². The number of rotatable bonds is 1. The quantitative estimate of drug-likeness (QED) is 0.528. The van der Waals surface area contributed by atoms with E-state index in [1.54, 1.807) is 0 Å². The summed E-state index contributed by atoms with van der Waals surface area (Å²) in [5.41, 5.74) is 0.0764. The summed E-state index contributed by atoms with van der Waals surface area (Å²) in [6.45, 7) is 0. The highest BCUT2D eigenvalue weighted by Gasteiger charge is 2.91. The van der Waals surface area contributed by atoms with Crippen LogP contribution in [0.2, 0.25) is 0 Å². The predicted molar refractivity (Wildman–Crippen MR) is 38.8 cm³/mol. The van der Waals surface area contributed by atoms with Crippen LogP contribution in [0.1, 0.15) is 19.3 Å². The summed E-state index contributed by atoms with van der Waals surface area (Å²) in [5.74, 6) is 2.29. The van der Waals surface area contributed by atoms with E-state index in [9.17, 15) is 4.79 Å². The van der Waals surface area contributed by atoms with Gasteiger partial charge in [0.15, 0.2) is 0 Å². The van der Waals surface area contributed by atoms with Crippen molar-refractivity contribution in [1.29, 1.82) is 0 Å². The Balaban J connectivity index is 1.86. The molecule has 0 aromatic heterocycles. The number of carbonyl (C=O) groups is 1. The summed E-state index contributed by atoms with van der Waals surface area (Å²) in [6.07, 6.45) is 3.89. The summed E-state index contributed by atoms with van der Waals surface area (Å²) >= 11 is 0. The SMILES string of the molecule is COC(=O)C12C3[C@H]1CCC[C@@H]32. The largest absolute Gasteiger partial charge is 0.469 e. The fraction of sp³-hybridized carbons (Fsp3) is 0.889. The molecule has 0 N–H and O–H groups in total. The third-order valence-electron chi connectivity index (χ3n) is 4.00. The lowest BCUT2D eigenvalue weighted by molar-refractivity contribution is -0.146. The number of fused-ring (bicyclic) bond motifs is 2. The van der Waals surface area contributed by atoms with Crippen LogP contribution in [0.3, 0.4) is 0 Å². The first-order valence-corrected chi connectivity index (χ1v) is 4.42. The average Bonchev–Trinajstić information content (AvgIpc) is 2.92. The van der Waals surface area contributed by atoms with E-state index in [1.165, 1.54) is 26.4 Å². The Hall–Kier alpha value is -0.530. The molecule has 2 heteroatoms. The van der Waals surface area contributed by atoms with Gasteiger partial charge < -0.3 is 4.74 Å². The van der Waals surface area contributed by atoms with Gasteiger partial charge in [0, 0.05) is 0 Å². The molecule has 0 spiro atoms. The molecule has 0 heterocycles. The van der Waals surface area contributed by atoms with Crippen LogP contribution in [0.5, 0.6) is 0 Å². The summed E-state index contributed by atoms with van der Waals surface area (Å²) in [6, 6.07) is 0. The minimum Gasteiger partial charge on any atom is -0.469 e. The van der Waals surface area contributed by atoms with Gasteiger partial charge in [0.2, 0.25) is 0 Å². The average molecular weight is 152 g/mol. The summed E-state index contributed by atoms with van der Waals surface area (Å²) in [4.78, 5) is 11.3. The van der Waals surface area contributed by atoms with E-state index in [4.69, 9.17) is 4.74 Å². The molecule has 3 saturated carbocycles. The van der Waals surface area contributed by atoms with Gasteiger partial charge in [-0.25, -0.2) is 0 Å². The van der Waals surface area contributed by atoms with E-state index in [-0.39, 0.29) is 11.4 Å². The minimum absolute atomic E-state index is 0.0764. The number of hydrogen-bond donors (Lipinski definition) is 0. The van der Waals surface area contributed by atoms with Crippen molar-refractivity contribution in [3.63, 3.8) is 0 Å². The van der Waals surface area contributed by atoms with Crippen LogP contribution in [-0.2, 0) is 9.53 Å². The van der Waals surface area contributed by atoms with E-state index in [2.05, 4.69) is 0 Å². The lowest BCUT2D eigenvalue weighted by atomic mass is 9.83. The standard InChI is InChI=1S/C9H12O2/c1-11-8(10)9-5-3-2-4-6(9)7(5)9/h5-7H,2-4H2,1H3/t5-,6+,7?,9?. The zero-order valence-electron chi connectivity index (χ0n) is 6.67. The van der Waals surface area contributed by atoms with Crippen LogP contribution in [0.25, 0.3) is 0 Å². The Labute approximate surface area is 65.9 Å². The fourth-order valence-corrected chi connectivity index (χ4v) is 3.47. The van der Waals surface area contributed by atoms with E-state index in [0.717, 1.165) is 17.8 Å². The molecular formula is C9H12O2. The van der Waals surface area contributed by atoms with E-state index >= 15 is 0 Å². The van der Waals surface area contributed by atoms with Gasteiger partial charge in [-0.2, -0.15) is 0 Å². The molecular weight excluding hydrogens is 140 g/mol. The highest BCUT2D eigenvalue weighted by molar-refractivity contribution is 5.87. The first-order valence-electron chi connectivity index (χ1n) is 4.42. The predicted octanol–water partition coefficient (Wildman–Crippen LogP) is 1.21. The molecule has 3 aliphatic rings. The molecule has 2 unspecified atom stereocenters. The maximum Gasteiger partial charge on any atom is 0.312 e. The van der Waals surface area contributed by atoms with Crippen LogP contribution in [-0.4, -0.2) is 13.1 Å². The number of hydrogen-bond acceptors (Lipinski definition) is 2. The van der Waals surface area contributed by atoms with Crippen LogP contribution in [0, 0.1) is 23.2 Å². The van der Waals surface area contributed by atoms with Crippen LogP contribution in [0.4, 0.5) is 0 Å². The van der Waals surface area contributed by atoms with Gasteiger partial charge in [0.05, 0.1) is 12.5 Å². The molecule has 0 aliphatic heterocycles. The Bertz CT molecular complexity index is 212. The second-order valence-corrected chi connectivity index (χ2v) is 4.09. The molecule has 3 aliphatic carbocycles. The Morgan fingerprint density at radius 2 is 2.09 bits per heavy atom. The first-order chi connectivity index (χ1) is 5.33. The molecule has 0 aromatic carbocycles. The third-order valence-corrected chi connectivity index (χ3v) is 4.00. The number of ether oxygens (including phenoxy) is 1. The summed E-state index contributed by atoms with van der Waals surface area (Å²) in [5, 5.41) is 0. The van der Waals surface area contributed by atoms with Crippen LogP contribution in [0.15, 0.2) is 0 Å². The van der Waals surface area contributed by atoms with Crippen molar-refractivity contribution in [2.45, 2.75) is 19.3 Å². The number of methoxy groups -OCH3 is 1. The molecule has 0 radical (unpaired) electrons. The van der Waals surface area contributed by atoms with E-state index < -0.39 is 0 Å². The van der Waals surface area contributed by atoms with Crippen molar-refractivity contribution in [3.8, 4) is 0 Å². The smallest absolute Gasteiger partial charge is 0.312 e. The molecule has 0 amide bonds. The van der Waals surface area contributed by atoms with Gasteiger partial charge >= 0.3 is 5.97 Å². The molecule has 4 atom stereocenters. The molecule has 60 valence electrons. The summed E-state index contributed by atoms with van der Waals surface area (Å²) < 4.78 is 4.82. The lowest BCUT2D eigenvalue weighted by Gasteiger charge is -2.22. The van der Waals surface area contributed by atoms with E-state index in [0.29, 0.717) is 0 Å². The number of esters is 1. The highest BCUT2D eigenvalue weighted by Crippen LogP contribution is 2.88. The van der Waals surface area contributed by atoms with Crippen molar-refractivity contribution in [1.82, 2.24) is 0 Å². The Morgan fingerprint density at radius 1 is 1.45 bits per heavy atom. The van der Waals surface area contributed by atoms with Crippen molar-refractivity contribution >= 4 is 5.97 Å². The van der Waals surface area contributed by atoms with Crippen LogP contribution >= 0.6 is 0 Å². The monoisotopic (exact) mass is 152 g/mol. The highest BCUT2D eigenvalue weighted by atomic mass is 16.5. The molecule has 0 bridgehead atoms. The fourth-order valence-electron chi connectivity index (χ4n) is 3.47. The van der Waals surface area contributed by atoms with Gasteiger partial charge in [-0.1, -0.05) is 6.42 Å². The topological polar surface area (TPSA) is 26.3 Å². The molecule has 3 fully saturated rings. The normalized spacial score (nSPS) is 56.3. The zero-order valence-corrected chi connectivity index (χ0v) is 6.67. The first kappa shape index (κ1) is 6.04. The van der Waals surface area contributed by atoms with Gasteiger partial charge in [0.25, 0.3) is 0 Å². The van der Waals surface area contributed by atoms with Crippen molar-refractivity contribution in [2.75, 3.05) is 7.11 Å². The molecule has 2 nitrogen and oxygen atoms in total. The van der Waals surface area contributed by atoms with Crippen molar-refractivity contribution in [2.24, 2.45) is 23.2 Å². The van der Waals surface area contributed by atoms with Gasteiger partial charge in [0.1, 0.15) is 0 Å². The van der Waals surface area contributed by atoms with Crippen molar-refractivity contribution < 1.29 is 9.53 Å². The van der Waals surface area contributed by atoms with Gasteiger partial charge in [-0.05, 0) is 30.6 Å². The number of carbonyl (C=O) groups excluding carboxylic acids is 1. The molecule has 3 rings (SSSR count). The lowest BCUT2D eigenvalue weighted by Crippen LogP contribution is -2.23. The zero-order chi connectivity index (χ0) is 7.64. The van der Waals surface area contributed by atoms with E-state index in [1.807, 2.05) is 0 Å². The molecule has 0 aromatic rings. The maximum atomic E-state index is 11.3. The second kappa shape index (κ2) is 1.47. The maximum absolute atomic E-state index is 11.3.